The predicted octanol–water partition coefficient (Wildman–Crippen LogP) is 4.02. The molecule has 0 heterocycles. The van der Waals surface area contributed by atoms with E-state index in [0.29, 0.717) is 23.5 Å². The van der Waals surface area contributed by atoms with Crippen LogP contribution in [0.3, 0.4) is 0 Å². The number of ether oxygens (including phenoxy) is 1. The van der Waals surface area contributed by atoms with Gasteiger partial charge in [0, 0.05) is 17.8 Å². The summed E-state index contributed by atoms with van der Waals surface area (Å²) in [6, 6.07) is 14.6. The van der Waals surface area contributed by atoms with Crippen LogP contribution in [0.4, 0.5) is 11.4 Å². The zero-order chi connectivity index (χ0) is 20.4. The van der Waals surface area contributed by atoms with Crippen LogP contribution in [-0.4, -0.2) is 23.5 Å². The van der Waals surface area contributed by atoms with Crippen LogP contribution >= 0.6 is 12.2 Å². The van der Waals surface area contributed by atoms with Crippen molar-refractivity contribution in [3.05, 3.63) is 54.1 Å². The van der Waals surface area contributed by atoms with Gasteiger partial charge in [-0.1, -0.05) is 31.5 Å². The summed E-state index contributed by atoms with van der Waals surface area (Å²) in [5.74, 6) is 0.242. The van der Waals surface area contributed by atoms with E-state index in [-0.39, 0.29) is 23.5 Å². The van der Waals surface area contributed by atoms with Crippen LogP contribution in [0.25, 0.3) is 0 Å². The molecule has 0 bridgehead atoms. The number of anilines is 2. The fraction of sp³-hybridized carbons (Fsp3) is 0.286. The number of hydrogen-bond acceptors (Lipinski definition) is 4. The SMILES string of the molecule is CCCCC(=O)Nc1cccc(NC(=S)NC(=O)COc2cccc(C)c2)c1. The smallest absolute Gasteiger partial charge is 0.264 e. The summed E-state index contributed by atoms with van der Waals surface area (Å²) in [5, 5.41) is 8.50. The van der Waals surface area contributed by atoms with Crippen LogP contribution in [0.15, 0.2) is 48.5 Å². The standard InChI is InChI=1S/C21H25N3O3S/c1-3-4-11-19(25)22-16-8-6-9-17(13-16)23-21(28)24-20(26)14-27-18-10-5-7-15(2)12-18/h5-10,12-13H,3-4,11,14H2,1-2H3,(H,22,25)(H2,23,24,26,28). The van der Waals surface area contributed by atoms with Crippen molar-refractivity contribution in [2.75, 3.05) is 17.2 Å². The third-order valence-corrected chi connectivity index (χ3v) is 3.98. The Kier molecular flexibility index (Phi) is 8.42. The van der Waals surface area contributed by atoms with E-state index in [1.54, 1.807) is 30.3 Å². The van der Waals surface area contributed by atoms with Crippen molar-refractivity contribution in [3.8, 4) is 5.75 Å². The van der Waals surface area contributed by atoms with Gasteiger partial charge in [-0.3, -0.25) is 14.9 Å². The van der Waals surface area contributed by atoms with E-state index in [9.17, 15) is 9.59 Å². The molecule has 0 saturated heterocycles. The molecule has 0 atom stereocenters. The van der Waals surface area contributed by atoms with Gasteiger partial charge >= 0.3 is 0 Å². The second-order valence-electron chi connectivity index (χ2n) is 6.34. The normalized spacial score (nSPS) is 10.1. The average Bonchev–Trinajstić information content (AvgIpc) is 2.65. The summed E-state index contributed by atoms with van der Waals surface area (Å²) in [6.07, 6.45) is 2.31. The zero-order valence-electron chi connectivity index (χ0n) is 16.1. The predicted molar refractivity (Wildman–Crippen MR) is 116 cm³/mol. The molecule has 2 aromatic rings. The van der Waals surface area contributed by atoms with Crippen molar-refractivity contribution in [1.29, 1.82) is 0 Å². The summed E-state index contributed by atoms with van der Waals surface area (Å²) in [5.41, 5.74) is 2.39. The number of thiocarbonyl (C=S) groups is 1. The second kappa shape index (κ2) is 11.0. The first-order valence-electron chi connectivity index (χ1n) is 9.16. The number of nitrogens with one attached hydrogen (secondary N) is 3. The van der Waals surface area contributed by atoms with Crippen molar-refractivity contribution in [2.45, 2.75) is 33.1 Å². The highest BCUT2D eigenvalue weighted by Gasteiger charge is 2.07. The van der Waals surface area contributed by atoms with E-state index in [2.05, 4.69) is 16.0 Å². The highest BCUT2D eigenvalue weighted by molar-refractivity contribution is 7.80. The van der Waals surface area contributed by atoms with Gasteiger partial charge in [-0.2, -0.15) is 0 Å². The number of benzene rings is 2. The summed E-state index contributed by atoms with van der Waals surface area (Å²) >= 11 is 5.17. The molecule has 0 fully saturated rings. The van der Waals surface area contributed by atoms with Crippen LogP contribution in [0.1, 0.15) is 31.7 Å². The van der Waals surface area contributed by atoms with Crippen molar-refractivity contribution < 1.29 is 14.3 Å². The summed E-state index contributed by atoms with van der Waals surface area (Å²) in [7, 11) is 0. The number of carbonyl (C=O) groups is 2. The molecule has 0 aliphatic heterocycles. The maximum atomic E-state index is 12.0. The largest absolute Gasteiger partial charge is 0.484 e. The molecule has 148 valence electrons. The van der Waals surface area contributed by atoms with Gasteiger partial charge in [0.2, 0.25) is 5.91 Å². The monoisotopic (exact) mass is 399 g/mol. The molecular weight excluding hydrogens is 374 g/mol. The Balaban J connectivity index is 1.81. The lowest BCUT2D eigenvalue weighted by Gasteiger charge is -2.12. The third-order valence-electron chi connectivity index (χ3n) is 3.77. The molecule has 28 heavy (non-hydrogen) atoms. The van der Waals surface area contributed by atoms with Crippen LogP contribution in [-0.2, 0) is 9.59 Å². The van der Waals surface area contributed by atoms with Crippen molar-refractivity contribution in [1.82, 2.24) is 5.32 Å². The van der Waals surface area contributed by atoms with E-state index in [0.717, 1.165) is 18.4 Å². The molecule has 3 N–H and O–H groups in total. The van der Waals surface area contributed by atoms with E-state index in [4.69, 9.17) is 17.0 Å². The first kappa shape index (κ1) is 21.4. The van der Waals surface area contributed by atoms with Crippen LogP contribution in [0.2, 0.25) is 0 Å². The molecule has 0 aliphatic carbocycles. The fourth-order valence-electron chi connectivity index (χ4n) is 2.41. The first-order valence-corrected chi connectivity index (χ1v) is 9.57. The minimum absolute atomic E-state index is 0.0248. The second-order valence-corrected chi connectivity index (χ2v) is 6.75. The van der Waals surface area contributed by atoms with E-state index in [1.165, 1.54) is 0 Å². The molecule has 0 saturated carbocycles. The lowest BCUT2D eigenvalue weighted by atomic mass is 10.2. The topological polar surface area (TPSA) is 79.5 Å². The van der Waals surface area contributed by atoms with Crippen LogP contribution in [0.5, 0.6) is 5.75 Å². The van der Waals surface area contributed by atoms with Gasteiger partial charge in [-0.15, -0.1) is 0 Å². The Hall–Kier alpha value is -2.93. The molecule has 0 unspecified atom stereocenters. The minimum atomic E-state index is -0.358. The van der Waals surface area contributed by atoms with E-state index < -0.39 is 0 Å². The summed E-state index contributed by atoms with van der Waals surface area (Å²) in [6.45, 7) is 3.85. The van der Waals surface area contributed by atoms with Gasteiger partial charge in [-0.05, 0) is 61.5 Å². The van der Waals surface area contributed by atoms with Crippen molar-refractivity contribution in [2.24, 2.45) is 0 Å². The number of hydrogen-bond donors (Lipinski definition) is 3. The Morgan fingerprint density at radius 1 is 1.00 bits per heavy atom. The molecular formula is C21H25N3O3S. The number of aryl methyl sites for hydroxylation is 1. The molecule has 0 aromatic heterocycles. The Morgan fingerprint density at radius 3 is 2.43 bits per heavy atom. The highest BCUT2D eigenvalue weighted by atomic mass is 32.1. The van der Waals surface area contributed by atoms with Crippen LogP contribution < -0.4 is 20.7 Å². The Morgan fingerprint density at radius 2 is 1.71 bits per heavy atom. The molecule has 2 amide bonds. The molecule has 6 nitrogen and oxygen atoms in total. The lowest BCUT2D eigenvalue weighted by Crippen LogP contribution is -2.37. The van der Waals surface area contributed by atoms with Gasteiger partial charge in [0.05, 0.1) is 0 Å². The Labute approximate surface area is 170 Å². The number of carbonyl (C=O) groups excluding carboxylic acids is 2. The van der Waals surface area contributed by atoms with Gasteiger partial charge in [-0.25, -0.2) is 0 Å². The number of amides is 2. The van der Waals surface area contributed by atoms with Crippen LogP contribution in [0, 0.1) is 6.92 Å². The molecule has 0 radical (unpaired) electrons. The minimum Gasteiger partial charge on any atom is -0.484 e. The van der Waals surface area contributed by atoms with Gasteiger partial charge in [0.1, 0.15) is 5.75 Å². The van der Waals surface area contributed by atoms with Gasteiger partial charge in [0.15, 0.2) is 11.7 Å². The lowest BCUT2D eigenvalue weighted by molar-refractivity contribution is -0.121. The molecule has 7 heteroatoms. The Bertz CT molecular complexity index is 839. The molecule has 0 aliphatic rings. The number of rotatable bonds is 8. The average molecular weight is 400 g/mol. The first-order chi connectivity index (χ1) is 13.5. The van der Waals surface area contributed by atoms with Crippen molar-refractivity contribution >= 4 is 40.5 Å². The molecule has 2 rings (SSSR count). The van der Waals surface area contributed by atoms with Gasteiger partial charge < -0.3 is 15.4 Å². The summed E-state index contributed by atoms with van der Waals surface area (Å²) < 4.78 is 5.45. The third kappa shape index (κ3) is 7.75. The fourth-order valence-corrected chi connectivity index (χ4v) is 2.65. The van der Waals surface area contributed by atoms with E-state index in [1.807, 2.05) is 32.0 Å². The molecule has 2 aromatic carbocycles. The maximum Gasteiger partial charge on any atom is 0.264 e. The summed E-state index contributed by atoms with van der Waals surface area (Å²) in [4.78, 5) is 23.8. The highest BCUT2D eigenvalue weighted by Crippen LogP contribution is 2.16. The number of unbranched alkanes of at least 4 members (excludes halogenated alkanes) is 1. The maximum absolute atomic E-state index is 12.0. The van der Waals surface area contributed by atoms with Crippen molar-refractivity contribution in [3.63, 3.8) is 0 Å². The quantitative estimate of drug-likeness (QED) is 0.585. The van der Waals surface area contributed by atoms with Gasteiger partial charge in [0.25, 0.3) is 5.91 Å². The zero-order valence-corrected chi connectivity index (χ0v) is 16.9. The molecule has 0 spiro atoms. The van der Waals surface area contributed by atoms with E-state index >= 15 is 0 Å².